The van der Waals surface area contributed by atoms with Crippen LogP contribution >= 0.6 is 0 Å². The van der Waals surface area contributed by atoms with Gasteiger partial charge in [0.2, 0.25) is 0 Å². The third-order valence-corrected chi connectivity index (χ3v) is 9.32. The molecule has 0 aliphatic heterocycles. The first-order chi connectivity index (χ1) is 11.2. The molecule has 0 aromatic heterocycles. The summed E-state index contributed by atoms with van der Waals surface area (Å²) in [7, 11) is 0. The molecule has 8 atom stereocenters. The minimum atomic E-state index is -0.656. The van der Waals surface area contributed by atoms with Gasteiger partial charge in [-0.1, -0.05) is 13.8 Å². The Morgan fingerprint density at radius 1 is 0.958 bits per heavy atom. The standard InChI is InChI=1S/C21H34O3/c1-13(22)16-8-11-21(24)18-5-4-14-12-15(23)6-9-19(14,2)17(18)7-10-20(16,21)3/h14-18,23-24H,4-12H2,1-3H3/t14-,15-,16+,17-,18+,19-,20+,21-/m0/s1. The third kappa shape index (κ3) is 2.00. The predicted octanol–water partition coefficient (Wildman–Crippen LogP) is 3.71. The monoisotopic (exact) mass is 334 g/mol. The Morgan fingerprint density at radius 3 is 2.42 bits per heavy atom. The first-order valence-corrected chi connectivity index (χ1v) is 10.1. The van der Waals surface area contributed by atoms with Crippen LogP contribution in [-0.4, -0.2) is 27.7 Å². The number of Topliss-reactive ketones (excluding diaryl/α,β-unsaturated/α-hetero) is 1. The van der Waals surface area contributed by atoms with E-state index in [0.29, 0.717) is 17.8 Å². The Balaban J connectivity index is 1.68. The number of fused-ring (bicyclic) bond motifs is 5. The van der Waals surface area contributed by atoms with Gasteiger partial charge in [0.1, 0.15) is 5.78 Å². The molecular weight excluding hydrogens is 300 g/mol. The molecule has 2 N–H and O–H groups in total. The van der Waals surface area contributed by atoms with Crippen molar-refractivity contribution in [2.24, 2.45) is 34.5 Å². The second-order valence-corrected chi connectivity index (χ2v) is 10.0. The van der Waals surface area contributed by atoms with Crippen molar-refractivity contribution in [3.8, 4) is 0 Å². The molecule has 4 saturated carbocycles. The van der Waals surface area contributed by atoms with Crippen LogP contribution in [0.2, 0.25) is 0 Å². The van der Waals surface area contributed by atoms with Crippen LogP contribution in [0.5, 0.6) is 0 Å². The van der Waals surface area contributed by atoms with E-state index in [4.69, 9.17) is 0 Å². The largest absolute Gasteiger partial charge is 0.393 e. The van der Waals surface area contributed by atoms with Crippen molar-refractivity contribution in [3.63, 3.8) is 0 Å². The molecule has 0 spiro atoms. The number of hydrogen-bond acceptors (Lipinski definition) is 3. The van der Waals surface area contributed by atoms with E-state index in [1.54, 1.807) is 6.92 Å². The second kappa shape index (κ2) is 5.30. The Kier molecular flexibility index (Phi) is 3.76. The fourth-order valence-electron chi connectivity index (χ4n) is 7.85. The van der Waals surface area contributed by atoms with E-state index in [0.717, 1.165) is 57.8 Å². The van der Waals surface area contributed by atoms with Crippen LogP contribution in [-0.2, 0) is 4.79 Å². The summed E-state index contributed by atoms with van der Waals surface area (Å²) in [5.41, 5.74) is -0.610. The lowest BCUT2D eigenvalue weighted by Crippen LogP contribution is -2.62. The molecule has 0 unspecified atom stereocenters. The van der Waals surface area contributed by atoms with Crippen LogP contribution in [0.25, 0.3) is 0 Å². The van der Waals surface area contributed by atoms with Gasteiger partial charge in [0.15, 0.2) is 0 Å². The summed E-state index contributed by atoms with van der Waals surface area (Å²) in [5.74, 6) is 1.83. The molecule has 4 rings (SSSR count). The van der Waals surface area contributed by atoms with Gasteiger partial charge >= 0.3 is 0 Å². The van der Waals surface area contributed by atoms with Gasteiger partial charge in [-0.15, -0.1) is 0 Å². The zero-order chi connectivity index (χ0) is 17.3. The number of carbonyl (C=O) groups excluding carboxylic acids is 1. The molecule has 0 aromatic carbocycles. The van der Waals surface area contributed by atoms with Crippen LogP contribution in [0.4, 0.5) is 0 Å². The van der Waals surface area contributed by atoms with E-state index in [1.165, 1.54) is 0 Å². The summed E-state index contributed by atoms with van der Waals surface area (Å²) < 4.78 is 0. The van der Waals surface area contributed by atoms with Crippen LogP contribution in [0, 0.1) is 34.5 Å². The maximum Gasteiger partial charge on any atom is 0.133 e. The molecular formula is C21H34O3. The summed E-state index contributed by atoms with van der Waals surface area (Å²) in [6, 6.07) is 0. The molecule has 3 nitrogen and oxygen atoms in total. The zero-order valence-electron chi connectivity index (χ0n) is 15.6. The van der Waals surface area contributed by atoms with Crippen LogP contribution in [0.15, 0.2) is 0 Å². The van der Waals surface area contributed by atoms with Gasteiger partial charge in [-0.25, -0.2) is 0 Å². The molecule has 0 amide bonds. The fourth-order valence-corrected chi connectivity index (χ4v) is 7.85. The van der Waals surface area contributed by atoms with Gasteiger partial charge in [-0.3, -0.25) is 4.79 Å². The third-order valence-electron chi connectivity index (χ3n) is 9.32. The van der Waals surface area contributed by atoms with Crippen LogP contribution in [0.1, 0.15) is 78.6 Å². The lowest BCUT2D eigenvalue weighted by Gasteiger charge is -2.63. The molecule has 3 heteroatoms. The average Bonchev–Trinajstić information content (AvgIpc) is 2.80. The second-order valence-electron chi connectivity index (χ2n) is 10.0. The summed E-state index contributed by atoms with van der Waals surface area (Å²) in [4.78, 5) is 12.2. The predicted molar refractivity (Wildman–Crippen MR) is 93.4 cm³/mol. The molecule has 24 heavy (non-hydrogen) atoms. The normalized spacial score (nSPS) is 57.0. The number of hydrogen-bond donors (Lipinski definition) is 2. The minimum Gasteiger partial charge on any atom is -0.393 e. The lowest BCUT2D eigenvalue weighted by molar-refractivity contribution is -0.210. The number of ketones is 1. The average molecular weight is 335 g/mol. The summed E-state index contributed by atoms with van der Waals surface area (Å²) in [6.45, 7) is 6.35. The minimum absolute atomic E-state index is 0.0437. The molecule has 0 aromatic rings. The molecule has 136 valence electrons. The van der Waals surface area contributed by atoms with Crippen molar-refractivity contribution in [3.05, 3.63) is 0 Å². The van der Waals surface area contributed by atoms with Crippen LogP contribution in [0.3, 0.4) is 0 Å². The van der Waals surface area contributed by atoms with E-state index >= 15 is 0 Å². The number of carbonyl (C=O) groups is 1. The topological polar surface area (TPSA) is 57.5 Å². The molecule has 4 fully saturated rings. The van der Waals surface area contributed by atoms with Crippen molar-refractivity contribution in [1.82, 2.24) is 0 Å². The molecule has 4 aliphatic carbocycles. The quantitative estimate of drug-likeness (QED) is 0.768. The van der Waals surface area contributed by atoms with E-state index in [9.17, 15) is 15.0 Å². The highest BCUT2D eigenvalue weighted by Gasteiger charge is 2.67. The van der Waals surface area contributed by atoms with E-state index in [1.807, 2.05) is 0 Å². The fraction of sp³-hybridized carbons (Fsp3) is 0.952. The molecule has 4 aliphatic rings. The number of aliphatic hydroxyl groups is 2. The van der Waals surface area contributed by atoms with Gasteiger partial charge in [-0.2, -0.15) is 0 Å². The maximum absolute atomic E-state index is 12.2. The first kappa shape index (κ1) is 17.0. The van der Waals surface area contributed by atoms with Gasteiger partial charge in [0.05, 0.1) is 11.7 Å². The SMILES string of the molecule is CC(=O)[C@H]1CC[C@]2(O)[C@@H]3CC[C@H]4C[C@@H](O)CC[C@]4(C)[C@H]3CC[C@]12C. The van der Waals surface area contributed by atoms with Crippen molar-refractivity contribution < 1.29 is 15.0 Å². The Hall–Kier alpha value is -0.410. The van der Waals surface area contributed by atoms with E-state index < -0.39 is 5.60 Å². The number of aliphatic hydroxyl groups excluding tert-OH is 1. The van der Waals surface area contributed by atoms with Gasteiger partial charge in [0.25, 0.3) is 0 Å². The smallest absolute Gasteiger partial charge is 0.133 e. The van der Waals surface area contributed by atoms with E-state index in [2.05, 4.69) is 13.8 Å². The Bertz CT molecular complexity index is 545. The van der Waals surface area contributed by atoms with Crippen molar-refractivity contribution in [2.75, 3.05) is 0 Å². The van der Waals surface area contributed by atoms with E-state index in [-0.39, 0.29) is 28.6 Å². The molecule has 0 saturated heterocycles. The Labute approximate surface area is 146 Å². The van der Waals surface area contributed by atoms with Gasteiger partial charge in [-0.05, 0) is 87.9 Å². The summed E-state index contributed by atoms with van der Waals surface area (Å²) in [5, 5.41) is 21.9. The van der Waals surface area contributed by atoms with Crippen LogP contribution < -0.4 is 0 Å². The highest BCUT2D eigenvalue weighted by atomic mass is 16.3. The molecule has 0 radical (unpaired) electrons. The zero-order valence-corrected chi connectivity index (χ0v) is 15.6. The summed E-state index contributed by atoms with van der Waals surface area (Å²) in [6.07, 6.45) is 8.87. The Morgan fingerprint density at radius 2 is 1.71 bits per heavy atom. The molecule has 0 bridgehead atoms. The first-order valence-electron chi connectivity index (χ1n) is 10.1. The van der Waals surface area contributed by atoms with Gasteiger partial charge in [0, 0.05) is 11.3 Å². The van der Waals surface area contributed by atoms with Crippen molar-refractivity contribution in [2.45, 2.75) is 90.3 Å². The van der Waals surface area contributed by atoms with Crippen molar-refractivity contribution >= 4 is 5.78 Å². The maximum atomic E-state index is 12.2. The highest BCUT2D eigenvalue weighted by molar-refractivity contribution is 5.80. The summed E-state index contributed by atoms with van der Waals surface area (Å²) >= 11 is 0. The van der Waals surface area contributed by atoms with Gasteiger partial charge < -0.3 is 10.2 Å². The van der Waals surface area contributed by atoms with Crippen molar-refractivity contribution in [1.29, 1.82) is 0 Å². The highest BCUT2D eigenvalue weighted by Crippen LogP contribution is 2.69. The molecule has 0 heterocycles. The lowest BCUT2D eigenvalue weighted by atomic mass is 9.43. The number of rotatable bonds is 1.